The quantitative estimate of drug-likeness (QED) is 0.824. The maximum atomic E-state index is 12.7. The second kappa shape index (κ2) is 7.70. The summed E-state index contributed by atoms with van der Waals surface area (Å²) in [6, 6.07) is 0.419. The maximum absolute atomic E-state index is 12.7. The molecule has 2 heterocycles. The standard InChI is InChI=1S/C17H31N3O3S/c1-24(22,23)18-16-6-5-13-20(17(16)21)15-9-7-14(8-10-15)19-11-3-2-4-12-19/h14-16,18H,2-13H2,1H3/t14?,15?,16-/m0/s1. The van der Waals surface area contributed by atoms with Crippen LogP contribution in [0.1, 0.15) is 57.8 Å². The first-order chi connectivity index (χ1) is 11.4. The molecule has 7 heteroatoms. The van der Waals surface area contributed by atoms with Crippen LogP contribution >= 0.6 is 0 Å². The van der Waals surface area contributed by atoms with Gasteiger partial charge in [0.15, 0.2) is 0 Å². The van der Waals surface area contributed by atoms with Gasteiger partial charge in [-0.3, -0.25) is 4.79 Å². The molecule has 1 aliphatic carbocycles. The lowest BCUT2D eigenvalue weighted by molar-refractivity contribution is -0.139. The molecule has 0 aromatic carbocycles. The number of nitrogens with one attached hydrogen (secondary N) is 1. The van der Waals surface area contributed by atoms with E-state index < -0.39 is 16.1 Å². The molecule has 0 unspecified atom stereocenters. The van der Waals surface area contributed by atoms with Gasteiger partial charge >= 0.3 is 0 Å². The number of hydrogen-bond donors (Lipinski definition) is 1. The number of amides is 1. The Bertz CT molecular complexity index is 537. The highest BCUT2D eigenvalue weighted by molar-refractivity contribution is 7.88. The first-order valence-electron chi connectivity index (χ1n) is 9.46. The van der Waals surface area contributed by atoms with E-state index in [1.807, 2.05) is 4.90 Å². The summed E-state index contributed by atoms with van der Waals surface area (Å²) in [5, 5.41) is 0. The van der Waals surface area contributed by atoms with Gasteiger partial charge in [0.2, 0.25) is 15.9 Å². The third-order valence-electron chi connectivity index (χ3n) is 5.84. The zero-order valence-corrected chi connectivity index (χ0v) is 15.6. The lowest BCUT2D eigenvalue weighted by atomic mass is 9.87. The average Bonchev–Trinajstić information content (AvgIpc) is 2.57. The van der Waals surface area contributed by atoms with Crippen molar-refractivity contribution in [3.63, 3.8) is 0 Å². The van der Waals surface area contributed by atoms with Gasteiger partial charge in [-0.1, -0.05) is 6.42 Å². The summed E-state index contributed by atoms with van der Waals surface area (Å²) in [6.45, 7) is 3.25. The maximum Gasteiger partial charge on any atom is 0.240 e. The van der Waals surface area contributed by atoms with Gasteiger partial charge in [-0.2, -0.15) is 0 Å². The van der Waals surface area contributed by atoms with Crippen molar-refractivity contribution in [1.29, 1.82) is 0 Å². The van der Waals surface area contributed by atoms with Crippen molar-refractivity contribution in [3.8, 4) is 0 Å². The van der Waals surface area contributed by atoms with Gasteiger partial charge in [0, 0.05) is 18.6 Å². The Labute approximate surface area is 146 Å². The topological polar surface area (TPSA) is 69.7 Å². The molecule has 2 aliphatic heterocycles. The molecule has 0 bridgehead atoms. The van der Waals surface area contributed by atoms with E-state index in [9.17, 15) is 13.2 Å². The highest BCUT2D eigenvalue weighted by Gasteiger charge is 2.37. The van der Waals surface area contributed by atoms with Gasteiger partial charge in [0.25, 0.3) is 0 Å². The summed E-state index contributed by atoms with van der Waals surface area (Å²) in [5.74, 6) is -0.0203. The second-order valence-corrected chi connectivity index (χ2v) is 9.46. The highest BCUT2D eigenvalue weighted by atomic mass is 32.2. The number of piperidine rings is 2. The minimum atomic E-state index is -3.34. The van der Waals surface area contributed by atoms with Crippen LogP contribution in [0.25, 0.3) is 0 Å². The Morgan fingerprint density at radius 3 is 2.12 bits per heavy atom. The Morgan fingerprint density at radius 1 is 0.875 bits per heavy atom. The van der Waals surface area contributed by atoms with Crippen LogP contribution in [-0.2, 0) is 14.8 Å². The molecule has 1 saturated carbocycles. The van der Waals surface area contributed by atoms with Crippen molar-refractivity contribution in [2.75, 3.05) is 25.9 Å². The van der Waals surface area contributed by atoms with Crippen LogP contribution in [0.2, 0.25) is 0 Å². The predicted molar refractivity (Wildman–Crippen MR) is 94.2 cm³/mol. The molecule has 1 amide bonds. The minimum absolute atomic E-state index is 0.0203. The van der Waals surface area contributed by atoms with Gasteiger partial charge in [-0.15, -0.1) is 0 Å². The Hall–Kier alpha value is -0.660. The van der Waals surface area contributed by atoms with E-state index in [0.29, 0.717) is 18.5 Å². The average molecular weight is 358 g/mol. The molecule has 2 saturated heterocycles. The SMILES string of the molecule is CS(=O)(=O)N[C@H]1CCCN(C2CCC(N3CCCCC3)CC2)C1=O. The molecule has 0 radical (unpaired) electrons. The van der Waals surface area contributed by atoms with Crippen molar-refractivity contribution < 1.29 is 13.2 Å². The second-order valence-electron chi connectivity index (χ2n) is 7.68. The largest absolute Gasteiger partial charge is 0.338 e. The fraction of sp³-hybridized carbons (Fsp3) is 0.941. The van der Waals surface area contributed by atoms with Crippen LogP contribution in [0.4, 0.5) is 0 Å². The first kappa shape index (κ1) is 18.1. The van der Waals surface area contributed by atoms with Crippen molar-refractivity contribution in [3.05, 3.63) is 0 Å². The summed E-state index contributed by atoms with van der Waals surface area (Å²) in [6.07, 6.45) is 11.1. The Kier molecular flexibility index (Phi) is 5.82. The number of likely N-dealkylation sites (tertiary alicyclic amines) is 2. The van der Waals surface area contributed by atoms with Crippen molar-refractivity contribution >= 4 is 15.9 Å². The number of hydrogen-bond acceptors (Lipinski definition) is 4. The van der Waals surface area contributed by atoms with Crippen LogP contribution in [0.3, 0.4) is 0 Å². The molecule has 24 heavy (non-hydrogen) atoms. The van der Waals surface area contributed by atoms with Gasteiger partial charge in [0.1, 0.15) is 6.04 Å². The van der Waals surface area contributed by atoms with E-state index >= 15 is 0 Å². The van der Waals surface area contributed by atoms with E-state index in [-0.39, 0.29) is 5.91 Å². The Balaban J connectivity index is 1.54. The van der Waals surface area contributed by atoms with Crippen LogP contribution < -0.4 is 4.72 Å². The number of carbonyl (C=O) groups excluding carboxylic acids is 1. The fourth-order valence-electron chi connectivity index (χ4n) is 4.65. The van der Waals surface area contributed by atoms with Crippen molar-refractivity contribution in [2.45, 2.75) is 75.9 Å². The summed E-state index contributed by atoms with van der Waals surface area (Å²) < 4.78 is 25.4. The number of carbonyl (C=O) groups is 1. The summed E-state index contributed by atoms with van der Waals surface area (Å²) in [7, 11) is -3.34. The number of sulfonamides is 1. The lowest BCUT2D eigenvalue weighted by Crippen LogP contribution is -2.56. The zero-order chi connectivity index (χ0) is 17.2. The van der Waals surface area contributed by atoms with E-state index in [0.717, 1.165) is 32.1 Å². The molecule has 3 aliphatic rings. The van der Waals surface area contributed by atoms with Crippen LogP contribution in [-0.4, -0.2) is 68.1 Å². The predicted octanol–water partition coefficient (Wildman–Crippen LogP) is 1.32. The van der Waals surface area contributed by atoms with Gasteiger partial charge < -0.3 is 9.80 Å². The molecular weight excluding hydrogens is 326 g/mol. The van der Waals surface area contributed by atoms with Gasteiger partial charge in [-0.25, -0.2) is 13.1 Å². The fourth-order valence-corrected chi connectivity index (χ4v) is 5.38. The third-order valence-corrected chi connectivity index (χ3v) is 6.56. The number of rotatable bonds is 4. The molecule has 3 rings (SSSR count). The summed E-state index contributed by atoms with van der Waals surface area (Å²) >= 11 is 0. The molecule has 6 nitrogen and oxygen atoms in total. The molecule has 1 N–H and O–H groups in total. The molecular formula is C17H31N3O3S. The summed E-state index contributed by atoms with van der Waals surface area (Å²) in [5.41, 5.74) is 0. The van der Waals surface area contributed by atoms with E-state index in [1.165, 1.54) is 45.2 Å². The van der Waals surface area contributed by atoms with E-state index in [1.54, 1.807) is 0 Å². The molecule has 3 fully saturated rings. The molecule has 0 aromatic heterocycles. The monoisotopic (exact) mass is 357 g/mol. The third kappa shape index (κ3) is 4.49. The molecule has 0 spiro atoms. The zero-order valence-electron chi connectivity index (χ0n) is 14.7. The molecule has 0 aromatic rings. The van der Waals surface area contributed by atoms with Crippen LogP contribution in [0.15, 0.2) is 0 Å². The smallest absolute Gasteiger partial charge is 0.240 e. The molecule has 1 atom stereocenters. The summed E-state index contributed by atoms with van der Waals surface area (Å²) in [4.78, 5) is 17.3. The molecule has 138 valence electrons. The number of nitrogens with zero attached hydrogens (tertiary/aromatic N) is 2. The lowest BCUT2D eigenvalue weighted by Gasteiger charge is -2.44. The van der Waals surface area contributed by atoms with E-state index in [2.05, 4.69) is 9.62 Å². The normalized spacial score (nSPS) is 33.6. The van der Waals surface area contributed by atoms with Crippen molar-refractivity contribution in [1.82, 2.24) is 14.5 Å². The van der Waals surface area contributed by atoms with Crippen LogP contribution in [0, 0.1) is 0 Å². The highest BCUT2D eigenvalue weighted by Crippen LogP contribution is 2.30. The first-order valence-corrected chi connectivity index (χ1v) is 11.3. The van der Waals surface area contributed by atoms with E-state index in [4.69, 9.17) is 0 Å². The van der Waals surface area contributed by atoms with Gasteiger partial charge in [0.05, 0.1) is 6.26 Å². The van der Waals surface area contributed by atoms with Crippen molar-refractivity contribution in [2.24, 2.45) is 0 Å². The Morgan fingerprint density at radius 2 is 1.50 bits per heavy atom. The van der Waals surface area contributed by atoms with Crippen LogP contribution in [0.5, 0.6) is 0 Å². The van der Waals surface area contributed by atoms with Gasteiger partial charge in [-0.05, 0) is 64.5 Å². The minimum Gasteiger partial charge on any atom is -0.338 e.